The second-order valence-electron chi connectivity index (χ2n) is 7.98. The van der Waals surface area contributed by atoms with Crippen LogP contribution in [-0.2, 0) is 16.6 Å². The van der Waals surface area contributed by atoms with Gasteiger partial charge in [-0.2, -0.15) is 4.31 Å². The van der Waals surface area contributed by atoms with Gasteiger partial charge in [0.05, 0.1) is 16.9 Å². The Morgan fingerprint density at radius 1 is 1.00 bits per heavy atom. The standard InChI is InChI=1S/C25H23N3O4S2/c29-24(26-17-18-10-12-20(13-11-18)34(30,31)28-14-4-5-15-28)23-22(19-7-2-1-3-8-19)27-25(33-23)21-9-6-16-32-21/h1-3,6-13,16H,4-5,14-15,17H2,(H,26,29). The first kappa shape index (κ1) is 22.5. The van der Waals surface area contributed by atoms with Crippen molar-refractivity contribution in [2.24, 2.45) is 0 Å². The van der Waals surface area contributed by atoms with Gasteiger partial charge in [-0.1, -0.05) is 42.5 Å². The largest absolute Gasteiger partial charge is 0.462 e. The van der Waals surface area contributed by atoms with Crippen molar-refractivity contribution < 1.29 is 17.6 Å². The molecule has 0 atom stereocenters. The monoisotopic (exact) mass is 493 g/mol. The molecule has 1 aliphatic heterocycles. The van der Waals surface area contributed by atoms with E-state index in [1.165, 1.54) is 15.6 Å². The lowest BCUT2D eigenvalue weighted by molar-refractivity contribution is 0.0955. The minimum absolute atomic E-state index is 0.247. The number of rotatable bonds is 7. The molecule has 0 bridgehead atoms. The third kappa shape index (κ3) is 4.54. The highest BCUT2D eigenvalue weighted by atomic mass is 32.2. The second kappa shape index (κ2) is 9.54. The lowest BCUT2D eigenvalue weighted by Gasteiger charge is -2.15. The summed E-state index contributed by atoms with van der Waals surface area (Å²) in [5.74, 6) is 0.360. The first-order valence-corrected chi connectivity index (χ1v) is 13.3. The van der Waals surface area contributed by atoms with Gasteiger partial charge in [-0.3, -0.25) is 4.79 Å². The van der Waals surface area contributed by atoms with Gasteiger partial charge in [0.1, 0.15) is 4.88 Å². The quantitative estimate of drug-likeness (QED) is 0.400. The van der Waals surface area contributed by atoms with Gasteiger partial charge in [0.2, 0.25) is 10.0 Å². The molecule has 1 fully saturated rings. The lowest BCUT2D eigenvalue weighted by atomic mass is 10.1. The van der Waals surface area contributed by atoms with Crippen LogP contribution in [0.5, 0.6) is 0 Å². The van der Waals surface area contributed by atoms with E-state index in [2.05, 4.69) is 10.3 Å². The molecule has 0 unspecified atom stereocenters. The zero-order chi connectivity index (χ0) is 23.5. The van der Waals surface area contributed by atoms with E-state index in [-0.39, 0.29) is 17.3 Å². The molecular weight excluding hydrogens is 470 g/mol. The van der Waals surface area contributed by atoms with Crippen LogP contribution >= 0.6 is 11.3 Å². The number of carbonyl (C=O) groups excluding carboxylic acids is 1. The van der Waals surface area contributed by atoms with Crippen molar-refractivity contribution in [3.8, 4) is 22.0 Å². The molecule has 1 saturated heterocycles. The summed E-state index contributed by atoms with van der Waals surface area (Å²) in [5, 5.41) is 3.57. The van der Waals surface area contributed by atoms with Crippen LogP contribution in [-0.4, -0.2) is 36.7 Å². The highest BCUT2D eigenvalue weighted by molar-refractivity contribution is 7.89. The Morgan fingerprint density at radius 2 is 1.74 bits per heavy atom. The molecule has 174 valence electrons. The maximum Gasteiger partial charge on any atom is 0.263 e. The number of thiazole rings is 1. The summed E-state index contributed by atoms with van der Waals surface area (Å²) in [4.78, 5) is 18.6. The number of furan rings is 1. The van der Waals surface area contributed by atoms with Crippen molar-refractivity contribution >= 4 is 27.3 Å². The van der Waals surface area contributed by atoms with Gasteiger partial charge >= 0.3 is 0 Å². The van der Waals surface area contributed by atoms with Crippen molar-refractivity contribution in [1.82, 2.24) is 14.6 Å². The number of hydrogen-bond donors (Lipinski definition) is 1. The van der Waals surface area contributed by atoms with E-state index in [1.807, 2.05) is 36.4 Å². The maximum atomic E-state index is 13.1. The minimum atomic E-state index is -3.45. The molecule has 4 aromatic rings. The highest BCUT2D eigenvalue weighted by Gasteiger charge is 2.27. The molecule has 9 heteroatoms. The summed E-state index contributed by atoms with van der Waals surface area (Å²) in [6, 6.07) is 19.8. The van der Waals surface area contributed by atoms with E-state index in [0.717, 1.165) is 24.0 Å². The Balaban J connectivity index is 1.33. The van der Waals surface area contributed by atoms with Gasteiger partial charge in [-0.05, 0) is 42.7 Å². The lowest BCUT2D eigenvalue weighted by Crippen LogP contribution is -2.27. The number of nitrogens with zero attached hydrogens (tertiary/aromatic N) is 2. The fourth-order valence-electron chi connectivity index (χ4n) is 3.89. The Hall–Kier alpha value is -3.27. The van der Waals surface area contributed by atoms with E-state index in [9.17, 15) is 13.2 Å². The summed E-state index contributed by atoms with van der Waals surface area (Å²) >= 11 is 1.27. The van der Waals surface area contributed by atoms with Crippen molar-refractivity contribution in [2.75, 3.05) is 13.1 Å². The first-order valence-electron chi connectivity index (χ1n) is 11.0. The van der Waals surface area contributed by atoms with Gasteiger partial charge in [0.15, 0.2) is 10.8 Å². The van der Waals surface area contributed by atoms with E-state index in [4.69, 9.17) is 4.42 Å². The number of sulfonamides is 1. The van der Waals surface area contributed by atoms with E-state index < -0.39 is 10.0 Å². The fraction of sp³-hybridized carbons (Fsp3) is 0.200. The summed E-state index contributed by atoms with van der Waals surface area (Å²) < 4.78 is 32.4. The van der Waals surface area contributed by atoms with Crippen LogP contribution in [0.15, 0.2) is 82.3 Å². The zero-order valence-electron chi connectivity index (χ0n) is 18.3. The van der Waals surface area contributed by atoms with E-state index in [0.29, 0.717) is 34.4 Å². The van der Waals surface area contributed by atoms with Crippen LogP contribution in [0, 0.1) is 0 Å². The molecule has 0 spiro atoms. The predicted molar refractivity (Wildman–Crippen MR) is 131 cm³/mol. The van der Waals surface area contributed by atoms with Crippen LogP contribution in [0.4, 0.5) is 0 Å². The van der Waals surface area contributed by atoms with E-state index in [1.54, 1.807) is 36.6 Å². The first-order chi connectivity index (χ1) is 16.5. The van der Waals surface area contributed by atoms with Gasteiger partial charge in [-0.25, -0.2) is 13.4 Å². The average molecular weight is 494 g/mol. The Morgan fingerprint density at radius 3 is 2.41 bits per heavy atom. The SMILES string of the molecule is O=C(NCc1ccc(S(=O)(=O)N2CCCC2)cc1)c1sc(-c2ccco2)nc1-c1ccccc1. The number of benzene rings is 2. The van der Waals surface area contributed by atoms with Gasteiger partial charge < -0.3 is 9.73 Å². The maximum absolute atomic E-state index is 13.1. The Bertz CT molecular complexity index is 1370. The Labute approximate surface area is 202 Å². The number of nitrogens with one attached hydrogen (secondary N) is 1. The topological polar surface area (TPSA) is 92.5 Å². The van der Waals surface area contributed by atoms with E-state index >= 15 is 0 Å². The molecule has 0 aliphatic carbocycles. The van der Waals surface area contributed by atoms with Crippen LogP contribution in [0.3, 0.4) is 0 Å². The van der Waals surface area contributed by atoms with Crippen LogP contribution in [0.2, 0.25) is 0 Å². The van der Waals surface area contributed by atoms with Crippen LogP contribution < -0.4 is 5.32 Å². The van der Waals surface area contributed by atoms with Crippen molar-refractivity contribution in [3.05, 3.63) is 83.4 Å². The van der Waals surface area contributed by atoms with Gasteiger partial charge in [0, 0.05) is 25.2 Å². The second-order valence-corrected chi connectivity index (χ2v) is 10.9. The molecule has 2 aromatic heterocycles. The number of aromatic nitrogens is 1. The summed E-state index contributed by atoms with van der Waals surface area (Å²) in [5.41, 5.74) is 2.26. The molecule has 0 saturated carbocycles. The zero-order valence-corrected chi connectivity index (χ0v) is 19.9. The Kier molecular flexibility index (Phi) is 6.32. The van der Waals surface area contributed by atoms with Gasteiger partial charge in [0.25, 0.3) is 5.91 Å². The molecule has 1 N–H and O–H groups in total. The summed E-state index contributed by atoms with van der Waals surface area (Å²) in [7, 11) is -3.45. The summed E-state index contributed by atoms with van der Waals surface area (Å²) in [6.07, 6.45) is 3.37. The molecular formula is C25H23N3O4S2. The van der Waals surface area contributed by atoms with Crippen LogP contribution in [0.25, 0.3) is 22.0 Å². The number of hydrogen-bond acceptors (Lipinski definition) is 6. The summed E-state index contributed by atoms with van der Waals surface area (Å²) in [6.45, 7) is 1.41. The molecule has 34 heavy (non-hydrogen) atoms. The van der Waals surface area contributed by atoms with Crippen molar-refractivity contribution in [3.63, 3.8) is 0 Å². The smallest absolute Gasteiger partial charge is 0.263 e. The molecule has 0 radical (unpaired) electrons. The van der Waals surface area contributed by atoms with Gasteiger partial charge in [-0.15, -0.1) is 11.3 Å². The molecule has 3 heterocycles. The number of amides is 1. The minimum Gasteiger partial charge on any atom is -0.462 e. The van der Waals surface area contributed by atoms with Crippen molar-refractivity contribution in [1.29, 1.82) is 0 Å². The molecule has 1 amide bonds. The normalized spacial score (nSPS) is 14.4. The number of carbonyl (C=O) groups is 1. The predicted octanol–water partition coefficient (Wildman–Crippen LogP) is 4.78. The fourth-order valence-corrected chi connectivity index (χ4v) is 6.38. The third-order valence-electron chi connectivity index (χ3n) is 5.69. The highest BCUT2D eigenvalue weighted by Crippen LogP contribution is 2.34. The molecule has 7 nitrogen and oxygen atoms in total. The third-order valence-corrected chi connectivity index (χ3v) is 8.67. The van der Waals surface area contributed by atoms with Crippen LogP contribution in [0.1, 0.15) is 28.1 Å². The average Bonchev–Trinajstić information content (AvgIpc) is 3.64. The molecule has 2 aromatic carbocycles. The molecule has 1 aliphatic rings. The molecule has 5 rings (SSSR count). The van der Waals surface area contributed by atoms with Crippen molar-refractivity contribution in [2.45, 2.75) is 24.3 Å².